The first kappa shape index (κ1) is 65.2. The zero-order chi connectivity index (χ0) is 22.8. The molecule has 0 fully saturated rings. The van der Waals surface area contributed by atoms with Crippen LogP contribution < -0.4 is 177 Å². The summed E-state index contributed by atoms with van der Waals surface area (Å²) in [6, 6.07) is 6.87. The number of carboxylic acids is 4. The molecule has 0 aliphatic carbocycles. The molecule has 0 rings (SSSR count). The van der Waals surface area contributed by atoms with E-state index in [2.05, 4.69) is 0 Å². The number of hydrogen-bond donors (Lipinski definition) is 4. The molecule has 0 saturated heterocycles. The first-order chi connectivity index (χ1) is 13.1. The summed E-state index contributed by atoms with van der Waals surface area (Å²) >= 11 is 0. The number of nitriles is 4. The standard InChI is InChI=1S/4C4H5NO2.6Na.6H/c4*5-3-1-2-4(6)7;;;;;;;;;;;;/h4*1-2H2,(H,6,7);;;;;;;;;;;;/q;;;;6*+1;6*-1. The second kappa shape index (κ2) is 59.8. The zero-order valence-corrected chi connectivity index (χ0v) is 32.9. The Morgan fingerprint density at radius 1 is 0.441 bits per heavy atom. The molecular weight excluding hydrogens is 514 g/mol. The van der Waals surface area contributed by atoms with E-state index in [9.17, 15) is 19.2 Å². The largest absolute Gasteiger partial charge is 1.00 e. The predicted octanol–water partition coefficient (Wildman–Crippen LogP) is -15.8. The third-order valence-electron chi connectivity index (χ3n) is 1.80. The van der Waals surface area contributed by atoms with E-state index in [1.807, 2.05) is 0 Å². The van der Waals surface area contributed by atoms with Gasteiger partial charge in [-0.15, -0.1) is 0 Å². The van der Waals surface area contributed by atoms with Crippen LogP contribution in [0.3, 0.4) is 0 Å². The Balaban J connectivity index is -0.0000000125. The van der Waals surface area contributed by atoms with Crippen molar-refractivity contribution in [1.82, 2.24) is 0 Å². The molecule has 164 valence electrons. The van der Waals surface area contributed by atoms with Gasteiger partial charge in [-0.25, -0.2) is 0 Å². The summed E-state index contributed by atoms with van der Waals surface area (Å²) in [5, 5.41) is 62.8. The molecule has 0 amide bonds. The average Bonchev–Trinajstić information content (AvgIpc) is 2.62. The predicted molar refractivity (Wildman–Crippen MR) is 96.6 cm³/mol. The maximum atomic E-state index is 9.61. The summed E-state index contributed by atoms with van der Waals surface area (Å²) in [6.07, 6.45) is 0.245. The van der Waals surface area contributed by atoms with Gasteiger partial charge in [0, 0.05) is 25.7 Å². The Labute approximate surface area is 340 Å². The van der Waals surface area contributed by atoms with Crippen molar-refractivity contribution in [3.63, 3.8) is 0 Å². The van der Waals surface area contributed by atoms with Gasteiger partial charge in [-0.1, -0.05) is 0 Å². The van der Waals surface area contributed by atoms with Crippen molar-refractivity contribution in [1.29, 1.82) is 21.0 Å². The van der Waals surface area contributed by atoms with Crippen molar-refractivity contribution in [2.45, 2.75) is 51.4 Å². The number of rotatable bonds is 8. The van der Waals surface area contributed by atoms with Gasteiger partial charge in [-0.2, -0.15) is 21.0 Å². The SMILES string of the molecule is N#CCCC(=O)O.N#CCCC(=O)O.N#CCCC(=O)O.N#CCCC(=O)O.[H-].[H-].[H-].[H-].[H-].[H-].[Na+].[Na+].[Na+].[Na+].[Na+].[Na+]. The molecule has 12 nitrogen and oxygen atoms in total. The smallest absolute Gasteiger partial charge is 1.00 e. The van der Waals surface area contributed by atoms with Crippen molar-refractivity contribution in [3.05, 3.63) is 0 Å². The van der Waals surface area contributed by atoms with E-state index in [0.29, 0.717) is 0 Å². The van der Waals surface area contributed by atoms with Crippen molar-refractivity contribution >= 4 is 23.9 Å². The minimum atomic E-state index is -0.915. The maximum absolute atomic E-state index is 9.61. The molecule has 4 N–H and O–H groups in total. The molecule has 0 aliphatic rings. The van der Waals surface area contributed by atoms with Gasteiger partial charge >= 0.3 is 201 Å². The first-order valence-electron chi connectivity index (χ1n) is 7.43. The van der Waals surface area contributed by atoms with Crippen LogP contribution in [-0.4, -0.2) is 44.3 Å². The van der Waals surface area contributed by atoms with E-state index in [-0.39, 0.29) is 237 Å². The quantitative estimate of drug-likeness (QED) is 0.210. The third kappa shape index (κ3) is 115. The molecule has 0 aliphatic heterocycles. The van der Waals surface area contributed by atoms with Gasteiger partial charge in [0.15, 0.2) is 0 Å². The number of carboxylic acid groups (broad SMARTS) is 4. The number of hydrogen-bond acceptors (Lipinski definition) is 8. The average molecular weight is 540 g/mol. The fraction of sp³-hybridized carbons (Fsp3) is 0.500. The van der Waals surface area contributed by atoms with Gasteiger partial charge in [0.2, 0.25) is 0 Å². The van der Waals surface area contributed by atoms with Gasteiger partial charge in [0.25, 0.3) is 0 Å². The molecule has 0 atom stereocenters. The summed E-state index contributed by atoms with van der Waals surface area (Å²) in [5.41, 5.74) is 0. The molecule has 18 heteroatoms. The van der Waals surface area contributed by atoms with E-state index in [1.165, 1.54) is 0 Å². The second-order valence-electron chi connectivity index (χ2n) is 4.21. The molecule has 0 heterocycles. The van der Waals surface area contributed by atoms with Gasteiger partial charge in [0.05, 0.1) is 50.0 Å². The van der Waals surface area contributed by atoms with Crippen LogP contribution in [0.25, 0.3) is 0 Å². The molecule has 0 aromatic carbocycles. The van der Waals surface area contributed by atoms with E-state index in [0.717, 1.165) is 0 Å². The molecule has 0 saturated carbocycles. The van der Waals surface area contributed by atoms with E-state index >= 15 is 0 Å². The van der Waals surface area contributed by atoms with E-state index < -0.39 is 23.9 Å². The van der Waals surface area contributed by atoms with Crippen LogP contribution in [0, 0.1) is 45.3 Å². The Hall–Kier alpha value is 1.84. The van der Waals surface area contributed by atoms with Gasteiger partial charge in [-0.3, -0.25) is 19.2 Å². The molecule has 34 heavy (non-hydrogen) atoms. The molecule has 0 radical (unpaired) electrons. The normalized spacial score (nSPS) is 6.00. The Morgan fingerprint density at radius 3 is 0.588 bits per heavy atom. The molecule has 0 aromatic heterocycles. The van der Waals surface area contributed by atoms with Crippen LogP contribution >= 0.6 is 0 Å². The third-order valence-corrected chi connectivity index (χ3v) is 1.80. The maximum Gasteiger partial charge on any atom is 1.00 e. The van der Waals surface area contributed by atoms with Crippen LogP contribution in [0.2, 0.25) is 0 Å². The van der Waals surface area contributed by atoms with Crippen LogP contribution in [0.5, 0.6) is 0 Å². The summed E-state index contributed by atoms with van der Waals surface area (Å²) in [6.45, 7) is 0. The number of carbonyl (C=O) groups is 4. The molecule has 0 bridgehead atoms. The zero-order valence-electron chi connectivity index (χ0n) is 26.9. The van der Waals surface area contributed by atoms with Gasteiger partial charge < -0.3 is 29.0 Å². The van der Waals surface area contributed by atoms with Crippen LogP contribution in [0.15, 0.2) is 0 Å². The molecule has 0 spiro atoms. The summed E-state index contributed by atoms with van der Waals surface area (Å²) in [4.78, 5) is 38.4. The Kier molecular flexibility index (Phi) is 115. The minimum absolute atomic E-state index is 0. The van der Waals surface area contributed by atoms with Crippen molar-refractivity contribution in [2.24, 2.45) is 0 Å². The summed E-state index contributed by atoms with van der Waals surface area (Å²) in [5.74, 6) is -3.66. The van der Waals surface area contributed by atoms with E-state index in [4.69, 9.17) is 41.5 Å². The fourth-order valence-corrected chi connectivity index (χ4v) is 0.651. The topological polar surface area (TPSA) is 244 Å². The van der Waals surface area contributed by atoms with Gasteiger partial charge in [-0.05, 0) is 0 Å². The number of nitrogens with zero attached hydrogens (tertiary/aromatic N) is 4. The van der Waals surface area contributed by atoms with Crippen LogP contribution in [-0.2, 0) is 19.2 Å². The monoisotopic (exact) mass is 540 g/mol. The van der Waals surface area contributed by atoms with Crippen molar-refractivity contribution in [2.75, 3.05) is 0 Å². The van der Waals surface area contributed by atoms with E-state index in [1.54, 1.807) is 24.3 Å². The van der Waals surface area contributed by atoms with Crippen molar-refractivity contribution in [3.8, 4) is 24.3 Å². The van der Waals surface area contributed by atoms with Gasteiger partial charge in [0.1, 0.15) is 0 Å². The molecule has 0 aromatic rings. The first-order valence-corrected chi connectivity index (χ1v) is 7.43. The summed E-state index contributed by atoms with van der Waals surface area (Å²) < 4.78 is 0. The molecule has 0 unspecified atom stereocenters. The van der Waals surface area contributed by atoms with Crippen LogP contribution in [0.1, 0.15) is 59.9 Å². The summed E-state index contributed by atoms with van der Waals surface area (Å²) in [7, 11) is 0. The Morgan fingerprint density at radius 2 is 0.559 bits per heavy atom. The molecular formula is C16H26N4Na6O8. The van der Waals surface area contributed by atoms with Crippen molar-refractivity contribution < 1.29 is 226 Å². The number of aliphatic carboxylic acids is 4. The Bertz CT molecular complexity index is 570. The van der Waals surface area contributed by atoms with Crippen LogP contribution in [0.4, 0.5) is 0 Å². The second-order valence-corrected chi connectivity index (χ2v) is 4.21. The fourth-order valence-electron chi connectivity index (χ4n) is 0.651. The minimum Gasteiger partial charge on any atom is -1.00 e.